The molecule has 1 aliphatic carbocycles. The highest BCUT2D eigenvalue weighted by Crippen LogP contribution is 2.40. The Labute approximate surface area is 86.3 Å². The fraction of sp³-hybridized carbons (Fsp3) is 1.00. The van der Waals surface area contributed by atoms with Crippen LogP contribution in [0, 0.1) is 11.3 Å². The van der Waals surface area contributed by atoms with Crippen molar-refractivity contribution >= 4 is 0 Å². The molecule has 0 amide bonds. The van der Waals surface area contributed by atoms with Crippen LogP contribution in [0.5, 0.6) is 0 Å². The third kappa shape index (κ3) is 2.27. The lowest BCUT2D eigenvalue weighted by Gasteiger charge is -2.41. The molecule has 14 heavy (non-hydrogen) atoms. The highest BCUT2D eigenvalue weighted by molar-refractivity contribution is 4.90. The first-order valence-electron chi connectivity index (χ1n) is 5.64. The standard InChI is InChI=1S/C11H23NO2/c1-11(8-13,10(14)7-12)9-5-3-2-4-6-9/h9-10,13-14H,2-8,12H2,1H3. The van der Waals surface area contributed by atoms with Crippen LogP contribution in [0.1, 0.15) is 39.0 Å². The maximum atomic E-state index is 9.84. The van der Waals surface area contributed by atoms with Crippen molar-refractivity contribution in [3.63, 3.8) is 0 Å². The normalized spacial score (nSPS) is 25.7. The van der Waals surface area contributed by atoms with Crippen molar-refractivity contribution in [2.24, 2.45) is 17.1 Å². The Morgan fingerprint density at radius 2 is 1.93 bits per heavy atom. The van der Waals surface area contributed by atoms with Crippen molar-refractivity contribution < 1.29 is 10.2 Å². The minimum Gasteiger partial charge on any atom is -0.396 e. The molecule has 84 valence electrons. The lowest BCUT2D eigenvalue weighted by atomic mass is 9.67. The number of hydrogen-bond donors (Lipinski definition) is 3. The Kier molecular flexibility index (Phi) is 4.35. The monoisotopic (exact) mass is 201 g/mol. The Bertz CT molecular complexity index is 169. The summed E-state index contributed by atoms with van der Waals surface area (Å²) in [6, 6.07) is 0. The maximum Gasteiger partial charge on any atom is 0.0740 e. The SMILES string of the molecule is CC(CO)(C(O)CN)C1CCCCC1. The molecule has 2 atom stereocenters. The van der Waals surface area contributed by atoms with Gasteiger partial charge in [-0.1, -0.05) is 26.2 Å². The second-order valence-electron chi connectivity index (χ2n) is 4.75. The van der Waals surface area contributed by atoms with E-state index >= 15 is 0 Å². The molecule has 0 aromatic carbocycles. The minimum absolute atomic E-state index is 0.0377. The molecule has 0 radical (unpaired) electrons. The van der Waals surface area contributed by atoms with Gasteiger partial charge in [-0.05, 0) is 18.8 Å². The van der Waals surface area contributed by atoms with Crippen molar-refractivity contribution in [2.75, 3.05) is 13.2 Å². The van der Waals surface area contributed by atoms with E-state index in [1.54, 1.807) is 0 Å². The van der Waals surface area contributed by atoms with Gasteiger partial charge in [0.1, 0.15) is 0 Å². The molecule has 3 nitrogen and oxygen atoms in total. The molecule has 0 aromatic rings. The summed E-state index contributed by atoms with van der Waals surface area (Å²) in [6.45, 7) is 2.24. The number of hydrogen-bond acceptors (Lipinski definition) is 3. The molecule has 1 fully saturated rings. The molecule has 4 N–H and O–H groups in total. The van der Waals surface area contributed by atoms with Gasteiger partial charge in [-0.25, -0.2) is 0 Å². The van der Waals surface area contributed by atoms with Crippen LogP contribution < -0.4 is 5.73 Å². The van der Waals surface area contributed by atoms with E-state index in [2.05, 4.69) is 0 Å². The van der Waals surface area contributed by atoms with Gasteiger partial charge in [-0.2, -0.15) is 0 Å². The highest BCUT2D eigenvalue weighted by Gasteiger charge is 2.39. The van der Waals surface area contributed by atoms with Crippen molar-refractivity contribution in [1.82, 2.24) is 0 Å². The fourth-order valence-corrected chi connectivity index (χ4v) is 2.54. The third-order valence-corrected chi connectivity index (χ3v) is 3.86. The van der Waals surface area contributed by atoms with Gasteiger partial charge in [0.05, 0.1) is 12.7 Å². The Morgan fingerprint density at radius 3 is 2.36 bits per heavy atom. The molecule has 3 heteroatoms. The van der Waals surface area contributed by atoms with Gasteiger partial charge < -0.3 is 15.9 Å². The predicted octanol–water partition coefficient (Wildman–Crippen LogP) is 0.885. The topological polar surface area (TPSA) is 66.5 Å². The van der Waals surface area contributed by atoms with E-state index in [0.717, 1.165) is 12.8 Å². The molecular formula is C11H23NO2. The third-order valence-electron chi connectivity index (χ3n) is 3.86. The van der Waals surface area contributed by atoms with Crippen LogP contribution in [0.4, 0.5) is 0 Å². The van der Waals surface area contributed by atoms with Crippen LogP contribution in [0.25, 0.3) is 0 Å². The van der Waals surface area contributed by atoms with Crippen LogP contribution in [0.3, 0.4) is 0 Å². The summed E-state index contributed by atoms with van der Waals surface area (Å²) < 4.78 is 0. The van der Waals surface area contributed by atoms with Crippen molar-refractivity contribution in [1.29, 1.82) is 0 Å². The second kappa shape index (κ2) is 5.10. The quantitative estimate of drug-likeness (QED) is 0.632. The average molecular weight is 201 g/mol. The lowest BCUT2D eigenvalue weighted by molar-refractivity contribution is -0.0515. The zero-order valence-electron chi connectivity index (χ0n) is 9.08. The molecule has 1 aliphatic rings. The molecule has 0 saturated heterocycles. The average Bonchev–Trinajstić information content (AvgIpc) is 2.28. The summed E-state index contributed by atoms with van der Waals surface area (Å²) >= 11 is 0. The number of nitrogens with two attached hydrogens (primary N) is 1. The first kappa shape index (κ1) is 12.0. The van der Waals surface area contributed by atoms with Gasteiger partial charge in [0.25, 0.3) is 0 Å². The highest BCUT2D eigenvalue weighted by atomic mass is 16.3. The van der Waals surface area contributed by atoms with Crippen molar-refractivity contribution in [2.45, 2.75) is 45.1 Å². The molecule has 0 heterocycles. The summed E-state index contributed by atoms with van der Waals surface area (Å²) in [5.74, 6) is 0.430. The van der Waals surface area contributed by atoms with Crippen molar-refractivity contribution in [3.8, 4) is 0 Å². The van der Waals surface area contributed by atoms with E-state index in [0.29, 0.717) is 5.92 Å². The summed E-state index contributed by atoms with van der Waals surface area (Å²) in [6.07, 6.45) is 5.39. The number of aliphatic hydroxyl groups is 2. The minimum atomic E-state index is -0.574. The van der Waals surface area contributed by atoms with Gasteiger partial charge in [0.2, 0.25) is 0 Å². The molecule has 0 aliphatic heterocycles. The van der Waals surface area contributed by atoms with Crippen LogP contribution in [0.2, 0.25) is 0 Å². The summed E-state index contributed by atoms with van der Waals surface area (Å²) in [7, 11) is 0. The van der Waals surface area contributed by atoms with E-state index in [1.165, 1.54) is 19.3 Å². The molecule has 2 unspecified atom stereocenters. The van der Waals surface area contributed by atoms with E-state index in [1.807, 2.05) is 6.92 Å². The van der Waals surface area contributed by atoms with E-state index in [4.69, 9.17) is 5.73 Å². The van der Waals surface area contributed by atoms with Gasteiger partial charge in [0, 0.05) is 12.0 Å². The fourth-order valence-electron chi connectivity index (χ4n) is 2.54. The zero-order valence-corrected chi connectivity index (χ0v) is 9.08. The van der Waals surface area contributed by atoms with Crippen molar-refractivity contribution in [3.05, 3.63) is 0 Å². The Morgan fingerprint density at radius 1 is 1.36 bits per heavy atom. The van der Waals surface area contributed by atoms with Gasteiger partial charge >= 0.3 is 0 Å². The predicted molar refractivity (Wildman–Crippen MR) is 56.8 cm³/mol. The van der Waals surface area contributed by atoms with Crippen LogP contribution in [-0.2, 0) is 0 Å². The largest absolute Gasteiger partial charge is 0.396 e. The van der Waals surface area contributed by atoms with E-state index in [9.17, 15) is 10.2 Å². The van der Waals surface area contributed by atoms with Gasteiger partial charge in [0.15, 0.2) is 0 Å². The first-order valence-corrected chi connectivity index (χ1v) is 5.64. The Hall–Kier alpha value is -0.120. The van der Waals surface area contributed by atoms with Crippen LogP contribution in [-0.4, -0.2) is 29.5 Å². The molecule has 1 saturated carbocycles. The van der Waals surface area contributed by atoms with Gasteiger partial charge in [-0.3, -0.25) is 0 Å². The molecule has 0 aromatic heterocycles. The first-order chi connectivity index (χ1) is 6.65. The van der Waals surface area contributed by atoms with Gasteiger partial charge in [-0.15, -0.1) is 0 Å². The smallest absolute Gasteiger partial charge is 0.0740 e. The number of rotatable bonds is 4. The van der Waals surface area contributed by atoms with Crippen LogP contribution >= 0.6 is 0 Å². The second-order valence-corrected chi connectivity index (χ2v) is 4.75. The molecular weight excluding hydrogens is 178 g/mol. The maximum absolute atomic E-state index is 9.84. The molecule has 0 spiro atoms. The summed E-state index contributed by atoms with van der Waals surface area (Å²) in [5.41, 5.74) is 5.09. The summed E-state index contributed by atoms with van der Waals surface area (Å²) in [5, 5.41) is 19.3. The summed E-state index contributed by atoms with van der Waals surface area (Å²) in [4.78, 5) is 0. The number of aliphatic hydroxyl groups excluding tert-OH is 2. The molecule has 0 bridgehead atoms. The van der Waals surface area contributed by atoms with Crippen LogP contribution in [0.15, 0.2) is 0 Å². The molecule has 1 rings (SSSR count). The van der Waals surface area contributed by atoms with E-state index in [-0.39, 0.29) is 13.2 Å². The lowest BCUT2D eigenvalue weighted by Crippen LogP contribution is -2.46. The zero-order chi connectivity index (χ0) is 10.6. The van der Waals surface area contributed by atoms with E-state index < -0.39 is 11.5 Å². The Balaban J connectivity index is 2.65.